The molecule has 3 saturated heterocycles. The number of aromatic nitrogens is 3. The minimum absolute atomic E-state index is 0.421. The summed E-state index contributed by atoms with van der Waals surface area (Å²) >= 11 is 1.69. The molecule has 2 atom stereocenters. The first kappa shape index (κ1) is 13.2. The Kier molecular flexibility index (Phi) is 2.78. The zero-order chi connectivity index (χ0) is 15.4. The van der Waals surface area contributed by atoms with Gasteiger partial charge in [0.1, 0.15) is 6.33 Å². The van der Waals surface area contributed by atoms with E-state index in [1.54, 1.807) is 17.7 Å². The van der Waals surface area contributed by atoms with Crippen LogP contribution in [0.25, 0.3) is 10.2 Å². The highest BCUT2D eigenvalue weighted by molar-refractivity contribution is 7.17. The van der Waals surface area contributed by atoms with Gasteiger partial charge in [-0.05, 0) is 23.9 Å². The zero-order valence-corrected chi connectivity index (χ0v) is 13.1. The van der Waals surface area contributed by atoms with E-state index < -0.39 is 5.95 Å². The van der Waals surface area contributed by atoms with Crippen molar-refractivity contribution in [1.29, 1.82) is 0 Å². The average Bonchev–Trinajstić information content (AvgIpc) is 3.04. The van der Waals surface area contributed by atoms with Crippen LogP contribution in [0.15, 0.2) is 36.1 Å². The minimum Gasteiger partial charge on any atom is -0.367 e. The van der Waals surface area contributed by atoms with Crippen LogP contribution >= 0.6 is 11.3 Å². The average molecular weight is 327 g/mol. The lowest BCUT2D eigenvalue weighted by molar-refractivity contribution is 0.289. The number of nitrogens with zero attached hydrogens (tertiary/aromatic N) is 5. The maximum absolute atomic E-state index is 13.3. The number of halogens is 1. The molecule has 0 amide bonds. The minimum atomic E-state index is -0.422. The molecule has 3 aliphatic heterocycles. The maximum Gasteiger partial charge on any atom is 0.214 e. The number of rotatable bonds is 2. The number of piperidine rings is 1. The number of thiophene rings is 1. The van der Waals surface area contributed by atoms with Gasteiger partial charge in [-0.3, -0.25) is 0 Å². The molecule has 3 fully saturated rings. The van der Waals surface area contributed by atoms with Crippen LogP contribution in [0.5, 0.6) is 0 Å². The van der Waals surface area contributed by atoms with Crippen molar-refractivity contribution in [3.63, 3.8) is 0 Å². The summed E-state index contributed by atoms with van der Waals surface area (Å²) in [5, 5.41) is 2.06. The van der Waals surface area contributed by atoms with Crippen LogP contribution in [0.2, 0.25) is 0 Å². The van der Waals surface area contributed by atoms with Crippen molar-refractivity contribution in [3.05, 3.63) is 42.1 Å². The maximum atomic E-state index is 13.3. The molecule has 3 aromatic heterocycles. The van der Waals surface area contributed by atoms with E-state index in [0.29, 0.717) is 12.1 Å². The largest absolute Gasteiger partial charge is 0.367 e. The Hall–Kier alpha value is -2.28. The van der Waals surface area contributed by atoms with Crippen molar-refractivity contribution in [3.8, 4) is 0 Å². The molecule has 3 aromatic rings. The molecule has 2 unspecified atom stereocenters. The van der Waals surface area contributed by atoms with E-state index in [0.717, 1.165) is 34.8 Å². The van der Waals surface area contributed by atoms with E-state index in [-0.39, 0.29) is 0 Å². The van der Waals surface area contributed by atoms with Crippen molar-refractivity contribution >= 4 is 33.1 Å². The van der Waals surface area contributed by atoms with E-state index in [1.165, 1.54) is 18.7 Å². The number of anilines is 2. The number of hydrogen-bond acceptors (Lipinski definition) is 6. The predicted octanol–water partition coefficient (Wildman–Crippen LogP) is 2.69. The second kappa shape index (κ2) is 4.86. The molecule has 6 heterocycles. The highest BCUT2D eigenvalue weighted by Gasteiger charge is 2.46. The van der Waals surface area contributed by atoms with Crippen LogP contribution in [-0.4, -0.2) is 40.1 Å². The van der Waals surface area contributed by atoms with Crippen molar-refractivity contribution in [2.24, 2.45) is 0 Å². The van der Waals surface area contributed by atoms with E-state index >= 15 is 0 Å². The molecule has 0 radical (unpaired) electrons. The highest BCUT2D eigenvalue weighted by atomic mass is 32.1. The fourth-order valence-electron chi connectivity index (χ4n) is 3.72. The third kappa shape index (κ3) is 1.99. The lowest BCUT2D eigenvalue weighted by atomic mass is 9.87. The smallest absolute Gasteiger partial charge is 0.214 e. The van der Waals surface area contributed by atoms with Gasteiger partial charge >= 0.3 is 0 Å². The molecular formula is C16H14FN5S. The quantitative estimate of drug-likeness (QED) is 0.677. The van der Waals surface area contributed by atoms with Crippen LogP contribution in [-0.2, 0) is 0 Å². The molecular weight excluding hydrogens is 313 g/mol. The van der Waals surface area contributed by atoms with Gasteiger partial charge in [0.05, 0.1) is 22.3 Å². The molecule has 3 aliphatic rings. The molecule has 0 N–H and O–H groups in total. The highest BCUT2D eigenvalue weighted by Crippen LogP contribution is 2.41. The van der Waals surface area contributed by atoms with Crippen molar-refractivity contribution in [2.75, 3.05) is 22.9 Å². The molecule has 23 heavy (non-hydrogen) atoms. The van der Waals surface area contributed by atoms with Gasteiger partial charge < -0.3 is 9.80 Å². The lowest BCUT2D eigenvalue weighted by Crippen LogP contribution is -2.69. The van der Waals surface area contributed by atoms with Gasteiger partial charge in [-0.25, -0.2) is 15.0 Å². The van der Waals surface area contributed by atoms with Crippen LogP contribution in [0, 0.1) is 5.95 Å². The summed E-state index contributed by atoms with van der Waals surface area (Å²) in [6, 6.07) is 6.26. The molecule has 6 rings (SSSR count). The summed E-state index contributed by atoms with van der Waals surface area (Å²) in [5.41, 5.74) is 1.92. The molecule has 0 spiro atoms. The fourth-order valence-corrected chi connectivity index (χ4v) is 4.55. The summed E-state index contributed by atoms with van der Waals surface area (Å²) in [6.45, 7) is 1.77. The van der Waals surface area contributed by atoms with Gasteiger partial charge in [0.15, 0.2) is 5.82 Å². The Morgan fingerprint density at radius 1 is 1.13 bits per heavy atom. The molecule has 0 saturated carbocycles. The van der Waals surface area contributed by atoms with E-state index in [2.05, 4.69) is 30.1 Å². The topological polar surface area (TPSA) is 45.2 Å². The third-order valence-corrected chi connectivity index (χ3v) is 5.64. The van der Waals surface area contributed by atoms with E-state index in [1.807, 2.05) is 12.1 Å². The zero-order valence-electron chi connectivity index (χ0n) is 12.3. The lowest BCUT2D eigenvalue weighted by Gasteiger charge is -2.57. The van der Waals surface area contributed by atoms with Crippen molar-refractivity contribution < 1.29 is 4.39 Å². The van der Waals surface area contributed by atoms with Gasteiger partial charge in [0.2, 0.25) is 5.95 Å². The Morgan fingerprint density at radius 2 is 2.00 bits per heavy atom. The van der Waals surface area contributed by atoms with Gasteiger partial charge in [-0.1, -0.05) is 0 Å². The summed E-state index contributed by atoms with van der Waals surface area (Å²) in [4.78, 5) is 17.1. The van der Waals surface area contributed by atoms with Gasteiger partial charge in [0, 0.05) is 31.0 Å². The van der Waals surface area contributed by atoms with Crippen LogP contribution in [0.1, 0.15) is 6.42 Å². The van der Waals surface area contributed by atoms with Crippen LogP contribution < -0.4 is 9.80 Å². The van der Waals surface area contributed by atoms with Gasteiger partial charge in [-0.15, -0.1) is 11.3 Å². The third-order valence-electron chi connectivity index (χ3n) is 4.74. The summed E-state index contributed by atoms with van der Waals surface area (Å²) < 4.78 is 14.5. The summed E-state index contributed by atoms with van der Waals surface area (Å²) in [7, 11) is 0. The Bertz CT molecular complexity index is 870. The first-order valence-corrected chi connectivity index (χ1v) is 8.50. The second-order valence-corrected chi connectivity index (χ2v) is 6.94. The normalized spacial score (nSPS) is 23.2. The molecule has 0 aromatic carbocycles. The van der Waals surface area contributed by atoms with E-state index in [9.17, 15) is 4.39 Å². The number of hydrogen-bond donors (Lipinski definition) is 0. The Balaban J connectivity index is 1.44. The second-order valence-electron chi connectivity index (χ2n) is 6.02. The molecule has 7 heteroatoms. The van der Waals surface area contributed by atoms with Gasteiger partial charge in [0.25, 0.3) is 0 Å². The number of fused-ring (bicyclic) bond motifs is 3. The standard InChI is InChI=1S/C16H14FN5S/c17-14-6-10(1-3-18-14)21-7-11-5-12(8-21)22(11)16-15-13(2-4-23-15)19-9-20-16/h1-4,6,9,11-12H,5,7-8H2. The summed E-state index contributed by atoms with van der Waals surface area (Å²) in [6.07, 6.45) is 4.34. The van der Waals surface area contributed by atoms with Crippen molar-refractivity contribution in [1.82, 2.24) is 15.0 Å². The SMILES string of the molecule is Fc1cc(N2CC3CC(C2)N3c2ncnc3ccsc23)ccn1. The number of piperazine rings is 1. The molecule has 0 aliphatic carbocycles. The van der Waals surface area contributed by atoms with Gasteiger partial charge in [-0.2, -0.15) is 4.39 Å². The molecule has 116 valence electrons. The van der Waals surface area contributed by atoms with Crippen LogP contribution in [0.3, 0.4) is 0 Å². The predicted molar refractivity (Wildman–Crippen MR) is 88.5 cm³/mol. The number of pyridine rings is 1. The monoisotopic (exact) mass is 327 g/mol. The first-order valence-electron chi connectivity index (χ1n) is 7.62. The van der Waals surface area contributed by atoms with E-state index in [4.69, 9.17) is 0 Å². The Labute approximate surface area is 136 Å². The fraction of sp³-hybridized carbons (Fsp3) is 0.312. The first-order chi connectivity index (χ1) is 11.3. The van der Waals surface area contributed by atoms with Crippen LogP contribution in [0.4, 0.5) is 15.9 Å². The molecule has 2 bridgehead atoms. The molecule has 5 nitrogen and oxygen atoms in total. The summed E-state index contributed by atoms with van der Waals surface area (Å²) in [5.74, 6) is 0.626. The van der Waals surface area contributed by atoms with Crippen molar-refractivity contribution in [2.45, 2.75) is 18.5 Å². The Morgan fingerprint density at radius 3 is 2.83 bits per heavy atom.